The normalized spacial score (nSPS) is 12.1. The molecule has 0 aromatic heterocycles. The van der Waals surface area contributed by atoms with Gasteiger partial charge in [-0.1, -0.05) is 40.0 Å². The van der Waals surface area contributed by atoms with Crippen molar-refractivity contribution in [2.75, 3.05) is 13.1 Å². The van der Waals surface area contributed by atoms with Crippen molar-refractivity contribution in [3.8, 4) is 12.3 Å². The molecule has 0 bridgehead atoms. The number of rotatable bonds is 4. The Kier molecular flexibility index (Phi) is 4.68. The number of hydrogen-bond donors (Lipinski definition) is 2. The highest BCUT2D eigenvalue weighted by Gasteiger charge is 2.10. The van der Waals surface area contributed by atoms with Gasteiger partial charge < -0.3 is 5.73 Å². The number of terminal acetylenes is 1. The lowest BCUT2D eigenvalue weighted by Crippen LogP contribution is -2.28. The summed E-state index contributed by atoms with van der Waals surface area (Å²) in [6, 6.07) is 8.10. The van der Waals surface area contributed by atoms with E-state index in [2.05, 4.69) is 27.2 Å². The Morgan fingerprint density at radius 2 is 2.21 bits per heavy atom. The zero-order valence-electron chi connectivity index (χ0n) is 7.83. The molecule has 74 valence electrons. The number of halogens is 1. The monoisotopic (exact) mass is 252 g/mol. The molecule has 0 aliphatic carbocycles. The zero-order chi connectivity index (χ0) is 10.4. The van der Waals surface area contributed by atoms with Crippen LogP contribution in [0.2, 0.25) is 0 Å². The lowest BCUT2D eigenvalue weighted by atomic mass is 10.1. The number of nitrogens with two attached hydrogens (primary N) is 1. The van der Waals surface area contributed by atoms with Crippen molar-refractivity contribution in [2.45, 2.75) is 6.04 Å². The molecule has 1 rings (SSSR count). The van der Waals surface area contributed by atoms with Crippen molar-refractivity contribution in [2.24, 2.45) is 5.73 Å². The van der Waals surface area contributed by atoms with Crippen molar-refractivity contribution in [3.63, 3.8) is 0 Å². The van der Waals surface area contributed by atoms with Crippen LogP contribution < -0.4 is 11.1 Å². The molecule has 1 aromatic carbocycles. The number of benzene rings is 1. The van der Waals surface area contributed by atoms with Gasteiger partial charge in [0, 0.05) is 17.1 Å². The first-order valence-electron chi connectivity index (χ1n) is 4.41. The largest absolute Gasteiger partial charge is 0.329 e. The SMILES string of the molecule is C#CCNC(CN)c1ccccc1Br. The van der Waals surface area contributed by atoms with Gasteiger partial charge in [0.2, 0.25) is 0 Å². The van der Waals surface area contributed by atoms with Gasteiger partial charge in [-0.25, -0.2) is 0 Å². The smallest absolute Gasteiger partial charge is 0.0578 e. The van der Waals surface area contributed by atoms with E-state index in [0.717, 1.165) is 10.0 Å². The summed E-state index contributed by atoms with van der Waals surface area (Å²) in [7, 11) is 0. The summed E-state index contributed by atoms with van der Waals surface area (Å²) in [4.78, 5) is 0. The minimum absolute atomic E-state index is 0.113. The molecule has 0 fully saturated rings. The second-order valence-corrected chi connectivity index (χ2v) is 3.75. The fraction of sp³-hybridized carbons (Fsp3) is 0.273. The molecular formula is C11H13BrN2. The highest BCUT2D eigenvalue weighted by Crippen LogP contribution is 2.22. The third kappa shape index (κ3) is 2.85. The molecule has 0 amide bonds. The summed E-state index contributed by atoms with van der Waals surface area (Å²) in [6.07, 6.45) is 5.18. The molecule has 0 aliphatic heterocycles. The third-order valence-electron chi connectivity index (χ3n) is 1.97. The van der Waals surface area contributed by atoms with Crippen LogP contribution >= 0.6 is 15.9 Å². The summed E-state index contributed by atoms with van der Waals surface area (Å²) in [6.45, 7) is 1.06. The van der Waals surface area contributed by atoms with E-state index in [1.165, 1.54) is 0 Å². The van der Waals surface area contributed by atoms with Crippen molar-refractivity contribution in [1.29, 1.82) is 0 Å². The molecule has 0 saturated carbocycles. The van der Waals surface area contributed by atoms with E-state index in [4.69, 9.17) is 12.2 Å². The highest BCUT2D eigenvalue weighted by atomic mass is 79.9. The molecule has 0 spiro atoms. The van der Waals surface area contributed by atoms with Crippen LogP contribution in [0.15, 0.2) is 28.7 Å². The van der Waals surface area contributed by atoms with Crippen LogP contribution in [0.1, 0.15) is 11.6 Å². The average molecular weight is 253 g/mol. The lowest BCUT2D eigenvalue weighted by Gasteiger charge is -2.16. The van der Waals surface area contributed by atoms with Gasteiger partial charge in [0.15, 0.2) is 0 Å². The van der Waals surface area contributed by atoms with E-state index in [1.54, 1.807) is 0 Å². The van der Waals surface area contributed by atoms with E-state index in [0.29, 0.717) is 13.1 Å². The first kappa shape index (κ1) is 11.3. The third-order valence-corrected chi connectivity index (χ3v) is 2.69. The molecular weight excluding hydrogens is 240 g/mol. The number of hydrogen-bond acceptors (Lipinski definition) is 2. The second kappa shape index (κ2) is 5.82. The maximum Gasteiger partial charge on any atom is 0.0578 e. The Bertz CT molecular complexity index is 330. The Balaban J connectivity index is 2.79. The van der Waals surface area contributed by atoms with Crippen molar-refractivity contribution < 1.29 is 0 Å². The molecule has 3 heteroatoms. The molecule has 0 radical (unpaired) electrons. The molecule has 0 saturated heterocycles. The molecule has 2 nitrogen and oxygen atoms in total. The minimum atomic E-state index is 0.113. The van der Waals surface area contributed by atoms with Crippen LogP contribution in [0.3, 0.4) is 0 Å². The molecule has 3 N–H and O–H groups in total. The second-order valence-electron chi connectivity index (χ2n) is 2.89. The highest BCUT2D eigenvalue weighted by molar-refractivity contribution is 9.10. The first-order valence-corrected chi connectivity index (χ1v) is 5.20. The van der Waals surface area contributed by atoms with E-state index in [-0.39, 0.29) is 6.04 Å². The molecule has 1 aromatic rings. The Morgan fingerprint density at radius 1 is 1.50 bits per heavy atom. The molecule has 1 atom stereocenters. The lowest BCUT2D eigenvalue weighted by molar-refractivity contribution is 0.580. The van der Waals surface area contributed by atoms with E-state index in [9.17, 15) is 0 Å². The Hall–Kier alpha value is -0.820. The topological polar surface area (TPSA) is 38.0 Å². The summed E-state index contributed by atoms with van der Waals surface area (Å²) < 4.78 is 1.06. The predicted molar refractivity (Wildman–Crippen MR) is 62.8 cm³/mol. The van der Waals surface area contributed by atoms with Crippen LogP contribution in [-0.4, -0.2) is 13.1 Å². The van der Waals surface area contributed by atoms with Crippen LogP contribution in [0.4, 0.5) is 0 Å². The Morgan fingerprint density at radius 3 is 2.79 bits per heavy atom. The van der Waals surface area contributed by atoms with Crippen molar-refractivity contribution in [3.05, 3.63) is 34.3 Å². The van der Waals surface area contributed by atoms with E-state index >= 15 is 0 Å². The fourth-order valence-electron chi connectivity index (χ4n) is 1.26. The van der Waals surface area contributed by atoms with Crippen LogP contribution in [0, 0.1) is 12.3 Å². The van der Waals surface area contributed by atoms with Gasteiger partial charge in [-0.15, -0.1) is 6.42 Å². The zero-order valence-corrected chi connectivity index (χ0v) is 9.42. The van der Waals surface area contributed by atoms with Gasteiger partial charge in [-0.3, -0.25) is 5.32 Å². The summed E-state index contributed by atoms with van der Waals surface area (Å²) >= 11 is 3.48. The minimum Gasteiger partial charge on any atom is -0.329 e. The van der Waals surface area contributed by atoms with Gasteiger partial charge in [0.25, 0.3) is 0 Å². The summed E-state index contributed by atoms with van der Waals surface area (Å²) in [5.41, 5.74) is 6.81. The standard InChI is InChI=1S/C11H13BrN2/c1-2-7-14-11(8-13)9-5-3-4-6-10(9)12/h1,3-6,11,14H,7-8,13H2. The Labute approximate surface area is 93.0 Å². The average Bonchev–Trinajstić information content (AvgIpc) is 2.21. The van der Waals surface area contributed by atoms with Gasteiger partial charge in [0.05, 0.1) is 6.54 Å². The maximum atomic E-state index is 5.66. The maximum absolute atomic E-state index is 5.66. The van der Waals surface area contributed by atoms with E-state index < -0.39 is 0 Å². The summed E-state index contributed by atoms with van der Waals surface area (Å²) in [5.74, 6) is 2.54. The molecule has 14 heavy (non-hydrogen) atoms. The molecule has 0 aliphatic rings. The summed E-state index contributed by atoms with van der Waals surface area (Å²) in [5, 5.41) is 3.19. The molecule has 1 unspecified atom stereocenters. The first-order chi connectivity index (χ1) is 6.79. The van der Waals surface area contributed by atoms with E-state index in [1.807, 2.05) is 24.3 Å². The van der Waals surface area contributed by atoms with Gasteiger partial charge in [-0.05, 0) is 11.6 Å². The molecule has 0 heterocycles. The van der Waals surface area contributed by atoms with Gasteiger partial charge in [0.1, 0.15) is 0 Å². The van der Waals surface area contributed by atoms with Crippen LogP contribution in [0.25, 0.3) is 0 Å². The van der Waals surface area contributed by atoms with Gasteiger partial charge >= 0.3 is 0 Å². The predicted octanol–water partition coefficient (Wildman–Crippen LogP) is 1.67. The fourth-order valence-corrected chi connectivity index (χ4v) is 1.82. The number of nitrogens with one attached hydrogen (secondary N) is 1. The quantitative estimate of drug-likeness (QED) is 0.801. The van der Waals surface area contributed by atoms with Crippen LogP contribution in [0.5, 0.6) is 0 Å². The van der Waals surface area contributed by atoms with Crippen LogP contribution in [-0.2, 0) is 0 Å². The van der Waals surface area contributed by atoms with Crippen molar-refractivity contribution in [1.82, 2.24) is 5.32 Å². The van der Waals surface area contributed by atoms with Gasteiger partial charge in [-0.2, -0.15) is 0 Å². The van der Waals surface area contributed by atoms with Crippen molar-refractivity contribution >= 4 is 15.9 Å².